The lowest BCUT2D eigenvalue weighted by Crippen LogP contribution is -2.14. The van der Waals surface area contributed by atoms with E-state index in [0.29, 0.717) is 40.1 Å². The Morgan fingerprint density at radius 1 is 0.964 bits per heavy atom. The van der Waals surface area contributed by atoms with Gasteiger partial charge in [-0.2, -0.15) is 0 Å². The zero-order valence-electron chi connectivity index (χ0n) is 15.7. The highest BCUT2D eigenvalue weighted by Gasteiger charge is 2.16. The van der Waals surface area contributed by atoms with Crippen LogP contribution in [-0.4, -0.2) is 12.5 Å². The van der Waals surface area contributed by atoms with Crippen molar-refractivity contribution in [3.63, 3.8) is 0 Å². The van der Waals surface area contributed by atoms with Crippen molar-refractivity contribution in [2.75, 3.05) is 11.9 Å². The minimum Gasteiger partial charge on any atom is -0.493 e. The van der Waals surface area contributed by atoms with Crippen LogP contribution in [0.5, 0.6) is 17.2 Å². The van der Waals surface area contributed by atoms with Crippen molar-refractivity contribution in [1.82, 2.24) is 0 Å². The van der Waals surface area contributed by atoms with Crippen molar-refractivity contribution in [3.05, 3.63) is 83.4 Å². The fraction of sp³-hybridized carbons (Fsp3) is 0.174. The minimum absolute atomic E-state index is 0.307. The molecule has 144 valence electrons. The normalized spacial score (nSPS) is 10.4. The Hall–Kier alpha value is -2.98. The van der Waals surface area contributed by atoms with Crippen LogP contribution < -0.4 is 14.8 Å². The Morgan fingerprint density at radius 2 is 1.71 bits per heavy atom. The molecule has 5 heteroatoms. The van der Waals surface area contributed by atoms with Crippen molar-refractivity contribution >= 4 is 23.2 Å². The summed E-state index contributed by atoms with van der Waals surface area (Å²) < 4.78 is 11.7. The summed E-state index contributed by atoms with van der Waals surface area (Å²) in [5, 5.41) is 3.38. The Labute approximate surface area is 170 Å². The molecule has 0 radical (unpaired) electrons. The number of carbonyl (C=O) groups is 1. The Morgan fingerprint density at radius 3 is 2.50 bits per heavy atom. The van der Waals surface area contributed by atoms with Gasteiger partial charge >= 0.3 is 0 Å². The highest BCUT2D eigenvalue weighted by atomic mass is 35.5. The van der Waals surface area contributed by atoms with Crippen LogP contribution >= 0.6 is 11.6 Å². The molecule has 4 nitrogen and oxygen atoms in total. The van der Waals surface area contributed by atoms with Crippen LogP contribution in [0.4, 0.5) is 5.69 Å². The lowest BCUT2D eigenvalue weighted by atomic mass is 10.1. The molecule has 0 aliphatic rings. The number of anilines is 1. The Bertz CT molecular complexity index is 928. The van der Waals surface area contributed by atoms with Gasteiger partial charge in [-0.1, -0.05) is 55.3 Å². The van der Waals surface area contributed by atoms with Gasteiger partial charge in [-0.05, 0) is 48.9 Å². The summed E-state index contributed by atoms with van der Waals surface area (Å²) in [6, 6.07) is 21.7. The second kappa shape index (κ2) is 9.81. The molecule has 28 heavy (non-hydrogen) atoms. The predicted octanol–water partition coefficient (Wildman–Crippen LogP) is 6.56. The molecule has 3 rings (SSSR count). The van der Waals surface area contributed by atoms with E-state index in [1.54, 1.807) is 30.3 Å². The van der Waals surface area contributed by atoms with Crippen LogP contribution in [0.1, 0.15) is 30.1 Å². The molecule has 3 aromatic carbocycles. The third-order valence-corrected chi connectivity index (χ3v) is 4.28. The van der Waals surface area contributed by atoms with E-state index in [9.17, 15) is 4.79 Å². The summed E-state index contributed by atoms with van der Waals surface area (Å²) in [5.74, 6) is 1.45. The van der Waals surface area contributed by atoms with E-state index in [4.69, 9.17) is 21.1 Å². The summed E-state index contributed by atoms with van der Waals surface area (Å²) in [6.45, 7) is 2.63. The quantitative estimate of drug-likeness (QED) is 0.439. The van der Waals surface area contributed by atoms with E-state index in [2.05, 4.69) is 12.2 Å². The number of unbranched alkanes of at least 4 members (excludes halogenated alkanes) is 1. The van der Waals surface area contributed by atoms with Crippen molar-refractivity contribution in [2.45, 2.75) is 19.8 Å². The zero-order chi connectivity index (χ0) is 19.8. The van der Waals surface area contributed by atoms with Crippen LogP contribution in [0.15, 0.2) is 72.8 Å². The summed E-state index contributed by atoms with van der Waals surface area (Å²) in [6.07, 6.45) is 1.93. The summed E-state index contributed by atoms with van der Waals surface area (Å²) in [7, 11) is 0. The fourth-order valence-corrected chi connectivity index (χ4v) is 2.77. The molecule has 0 saturated heterocycles. The average Bonchev–Trinajstić information content (AvgIpc) is 2.71. The molecule has 0 aliphatic carbocycles. The van der Waals surface area contributed by atoms with Gasteiger partial charge in [0.05, 0.1) is 17.9 Å². The molecule has 0 unspecified atom stereocenters. The van der Waals surface area contributed by atoms with Gasteiger partial charge in [-0.15, -0.1) is 0 Å². The van der Waals surface area contributed by atoms with Gasteiger partial charge < -0.3 is 14.8 Å². The van der Waals surface area contributed by atoms with E-state index < -0.39 is 0 Å². The molecule has 0 saturated carbocycles. The van der Waals surface area contributed by atoms with Crippen LogP contribution in [-0.2, 0) is 0 Å². The van der Waals surface area contributed by atoms with E-state index in [1.165, 1.54) is 0 Å². The molecule has 0 aliphatic heterocycles. The zero-order valence-corrected chi connectivity index (χ0v) is 16.4. The highest BCUT2D eigenvalue weighted by Crippen LogP contribution is 2.31. The number of benzene rings is 3. The number of hydrogen-bond donors (Lipinski definition) is 1. The number of rotatable bonds is 8. The first kappa shape index (κ1) is 19.8. The van der Waals surface area contributed by atoms with Crippen LogP contribution in [0, 0.1) is 0 Å². The maximum absolute atomic E-state index is 12.9. The molecule has 0 heterocycles. The molecule has 1 amide bonds. The van der Waals surface area contributed by atoms with Crippen molar-refractivity contribution in [2.24, 2.45) is 0 Å². The predicted molar refractivity (Wildman–Crippen MR) is 113 cm³/mol. The van der Waals surface area contributed by atoms with Gasteiger partial charge in [0.2, 0.25) is 0 Å². The molecule has 0 spiro atoms. The smallest absolute Gasteiger partial charge is 0.259 e. The third kappa shape index (κ3) is 5.27. The van der Waals surface area contributed by atoms with Gasteiger partial charge in [0.1, 0.15) is 11.5 Å². The van der Waals surface area contributed by atoms with Crippen molar-refractivity contribution < 1.29 is 14.3 Å². The summed E-state index contributed by atoms with van der Waals surface area (Å²) >= 11 is 6.10. The molecular formula is C23H22ClNO3. The topological polar surface area (TPSA) is 47.6 Å². The van der Waals surface area contributed by atoms with Gasteiger partial charge in [0.25, 0.3) is 5.91 Å². The monoisotopic (exact) mass is 395 g/mol. The van der Waals surface area contributed by atoms with Crippen LogP contribution in [0.3, 0.4) is 0 Å². The molecular weight excluding hydrogens is 374 g/mol. The van der Waals surface area contributed by atoms with Gasteiger partial charge in [-0.25, -0.2) is 0 Å². The Balaban J connectivity index is 1.81. The summed E-state index contributed by atoms with van der Waals surface area (Å²) in [5.41, 5.74) is 0.953. The van der Waals surface area contributed by atoms with E-state index >= 15 is 0 Å². The van der Waals surface area contributed by atoms with E-state index in [0.717, 1.165) is 12.8 Å². The van der Waals surface area contributed by atoms with E-state index in [-0.39, 0.29) is 5.91 Å². The number of amides is 1. The van der Waals surface area contributed by atoms with Gasteiger partial charge in [0, 0.05) is 5.02 Å². The van der Waals surface area contributed by atoms with E-state index in [1.807, 2.05) is 42.5 Å². The number of halogens is 1. The second-order valence-corrected chi connectivity index (χ2v) is 6.64. The van der Waals surface area contributed by atoms with Crippen molar-refractivity contribution in [1.29, 1.82) is 0 Å². The molecule has 0 fully saturated rings. The lowest BCUT2D eigenvalue weighted by Gasteiger charge is -2.14. The summed E-state index contributed by atoms with van der Waals surface area (Å²) in [4.78, 5) is 12.9. The number of para-hydroxylation sites is 3. The molecule has 0 atom stereocenters. The Kier molecular flexibility index (Phi) is 6.93. The standard InChI is InChI=1S/C23H22ClNO3/c1-2-3-15-27-21-14-13-17(24)16-19(21)23(26)25-20-11-7-8-12-22(20)28-18-9-5-4-6-10-18/h4-14,16H,2-3,15H2,1H3,(H,25,26). The van der Waals surface area contributed by atoms with Gasteiger partial charge in [-0.3, -0.25) is 4.79 Å². The maximum Gasteiger partial charge on any atom is 0.259 e. The van der Waals surface area contributed by atoms with Gasteiger partial charge in [0.15, 0.2) is 5.75 Å². The highest BCUT2D eigenvalue weighted by molar-refractivity contribution is 6.31. The van der Waals surface area contributed by atoms with Crippen LogP contribution in [0.25, 0.3) is 0 Å². The number of hydrogen-bond acceptors (Lipinski definition) is 3. The molecule has 0 aromatic heterocycles. The second-order valence-electron chi connectivity index (χ2n) is 6.21. The molecule has 1 N–H and O–H groups in total. The fourth-order valence-electron chi connectivity index (χ4n) is 2.60. The number of nitrogens with one attached hydrogen (secondary N) is 1. The first-order valence-electron chi connectivity index (χ1n) is 9.23. The first-order valence-corrected chi connectivity index (χ1v) is 9.61. The number of ether oxygens (including phenoxy) is 2. The van der Waals surface area contributed by atoms with Crippen molar-refractivity contribution in [3.8, 4) is 17.2 Å². The average molecular weight is 396 g/mol. The molecule has 0 bridgehead atoms. The SMILES string of the molecule is CCCCOc1ccc(Cl)cc1C(=O)Nc1ccccc1Oc1ccccc1. The number of carbonyl (C=O) groups excluding carboxylic acids is 1. The molecule has 3 aromatic rings. The van der Waals surface area contributed by atoms with Crippen LogP contribution in [0.2, 0.25) is 5.02 Å². The largest absolute Gasteiger partial charge is 0.493 e. The first-order chi connectivity index (χ1) is 13.7. The maximum atomic E-state index is 12.9. The minimum atomic E-state index is -0.307. The third-order valence-electron chi connectivity index (χ3n) is 4.05. The lowest BCUT2D eigenvalue weighted by molar-refractivity contribution is 0.102.